The quantitative estimate of drug-likeness (QED) is 0.689. The molecule has 3 N–H and O–H groups in total. The van der Waals surface area contributed by atoms with E-state index in [2.05, 4.69) is 10.3 Å². The minimum Gasteiger partial charge on any atom is -0.384 e. The topological polar surface area (TPSA) is 68.0 Å². The van der Waals surface area contributed by atoms with Crippen molar-refractivity contribution in [1.29, 1.82) is 0 Å². The van der Waals surface area contributed by atoms with Gasteiger partial charge in [-0.05, 0) is 13.0 Å². The molecule has 1 aromatic heterocycles. The molecular weight excluding hydrogens is 154 g/mol. The highest BCUT2D eigenvalue weighted by atomic mass is 16.1. The maximum atomic E-state index is 10.7. The van der Waals surface area contributed by atoms with E-state index in [1.165, 1.54) is 6.20 Å². The third-order valence-corrected chi connectivity index (χ3v) is 1.40. The van der Waals surface area contributed by atoms with Crippen molar-refractivity contribution in [1.82, 2.24) is 4.98 Å². The largest absolute Gasteiger partial charge is 0.384 e. The van der Waals surface area contributed by atoms with E-state index in [0.29, 0.717) is 5.56 Å². The van der Waals surface area contributed by atoms with E-state index in [-0.39, 0.29) is 0 Å². The van der Waals surface area contributed by atoms with Crippen LogP contribution in [0.4, 0.5) is 5.69 Å². The number of nitrogens with two attached hydrogens (primary N) is 1. The predicted molar refractivity (Wildman–Crippen MR) is 46.9 cm³/mol. The minimum atomic E-state index is -0.456. The fourth-order valence-electron chi connectivity index (χ4n) is 0.875. The highest BCUT2D eigenvalue weighted by Crippen LogP contribution is 2.06. The monoisotopic (exact) mass is 165 g/mol. The fourth-order valence-corrected chi connectivity index (χ4v) is 0.875. The number of carbonyl (C=O) groups excluding carboxylic acids is 1. The van der Waals surface area contributed by atoms with Gasteiger partial charge in [-0.25, -0.2) is 0 Å². The summed E-state index contributed by atoms with van der Waals surface area (Å²) in [5.74, 6) is -0.456. The highest BCUT2D eigenvalue weighted by molar-refractivity contribution is 5.93. The number of rotatable bonds is 3. The molecule has 0 saturated carbocycles. The molecular formula is C8H11N3O. The first-order chi connectivity index (χ1) is 5.74. The van der Waals surface area contributed by atoms with Crippen molar-refractivity contribution in [2.45, 2.75) is 6.92 Å². The maximum absolute atomic E-state index is 10.7. The Morgan fingerprint density at radius 1 is 1.67 bits per heavy atom. The molecule has 0 bridgehead atoms. The molecule has 0 aliphatic rings. The second kappa shape index (κ2) is 3.71. The van der Waals surface area contributed by atoms with Crippen molar-refractivity contribution in [3.05, 3.63) is 24.0 Å². The number of amides is 1. The van der Waals surface area contributed by atoms with Crippen LogP contribution in [0, 0.1) is 0 Å². The first-order valence-corrected chi connectivity index (χ1v) is 3.72. The summed E-state index contributed by atoms with van der Waals surface area (Å²) < 4.78 is 0. The SMILES string of the molecule is CCNc1cncc(C(N)=O)c1. The number of aromatic nitrogens is 1. The van der Waals surface area contributed by atoms with Gasteiger partial charge < -0.3 is 11.1 Å². The van der Waals surface area contributed by atoms with Crippen molar-refractivity contribution in [3.63, 3.8) is 0 Å². The molecule has 1 amide bonds. The van der Waals surface area contributed by atoms with Crippen LogP contribution in [0.2, 0.25) is 0 Å². The number of primary amides is 1. The molecule has 12 heavy (non-hydrogen) atoms. The van der Waals surface area contributed by atoms with E-state index in [4.69, 9.17) is 5.73 Å². The molecule has 0 saturated heterocycles. The van der Waals surface area contributed by atoms with E-state index >= 15 is 0 Å². The van der Waals surface area contributed by atoms with Gasteiger partial charge in [0.15, 0.2) is 0 Å². The van der Waals surface area contributed by atoms with Gasteiger partial charge in [-0.1, -0.05) is 0 Å². The average Bonchev–Trinajstić information content (AvgIpc) is 2.05. The molecule has 1 heterocycles. The molecule has 0 aromatic carbocycles. The molecule has 0 spiro atoms. The zero-order valence-corrected chi connectivity index (χ0v) is 6.87. The van der Waals surface area contributed by atoms with Crippen LogP contribution in [0.1, 0.15) is 17.3 Å². The lowest BCUT2D eigenvalue weighted by Crippen LogP contribution is -2.11. The first-order valence-electron chi connectivity index (χ1n) is 3.72. The molecule has 0 atom stereocenters. The molecule has 1 rings (SSSR count). The van der Waals surface area contributed by atoms with Gasteiger partial charge in [0.05, 0.1) is 11.3 Å². The predicted octanol–water partition coefficient (Wildman–Crippen LogP) is 0.612. The van der Waals surface area contributed by atoms with E-state index < -0.39 is 5.91 Å². The van der Waals surface area contributed by atoms with E-state index in [1.807, 2.05) is 6.92 Å². The van der Waals surface area contributed by atoms with E-state index in [9.17, 15) is 4.79 Å². The Hall–Kier alpha value is -1.58. The molecule has 1 aromatic rings. The third kappa shape index (κ3) is 1.95. The lowest BCUT2D eigenvalue weighted by atomic mass is 10.2. The second-order valence-electron chi connectivity index (χ2n) is 2.36. The van der Waals surface area contributed by atoms with Crippen LogP contribution in [0.3, 0.4) is 0 Å². The van der Waals surface area contributed by atoms with E-state index in [0.717, 1.165) is 12.2 Å². The number of nitrogens with one attached hydrogen (secondary N) is 1. The van der Waals surface area contributed by atoms with Gasteiger partial charge in [-0.3, -0.25) is 9.78 Å². The van der Waals surface area contributed by atoms with Gasteiger partial charge in [0.1, 0.15) is 0 Å². The maximum Gasteiger partial charge on any atom is 0.250 e. The summed E-state index contributed by atoms with van der Waals surface area (Å²) in [6.45, 7) is 2.76. The van der Waals surface area contributed by atoms with Crippen LogP contribution in [0.5, 0.6) is 0 Å². The first kappa shape index (κ1) is 8.52. The minimum absolute atomic E-state index is 0.424. The summed E-state index contributed by atoms with van der Waals surface area (Å²) in [5.41, 5.74) is 6.31. The smallest absolute Gasteiger partial charge is 0.250 e. The summed E-state index contributed by atoms with van der Waals surface area (Å²) in [5, 5.41) is 3.03. The van der Waals surface area contributed by atoms with Crippen LogP contribution in [0.15, 0.2) is 18.5 Å². The van der Waals surface area contributed by atoms with Crippen LogP contribution in [0.25, 0.3) is 0 Å². The summed E-state index contributed by atoms with van der Waals surface area (Å²) >= 11 is 0. The molecule has 4 heteroatoms. The zero-order chi connectivity index (χ0) is 8.97. The van der Waals surface area contributed by atoms with Gasteiger partial charge in [-0.2, -0.15) is 0 Å². The number of carbonyl (C=O) groups is 1. The Kier molecular flexibility index (Phi) is 2.63. The molecule has 64 valence electrons. The molecule has 0 unspecified atom stereocenters. The van der Waals surface area contributed by atoms with Crippen LogP contribution in [-0.4, -0.2) is 17.4 Å². The highest BCUT2D eigenvalue weighted by Gasteiger charge is 2.00. The van der Waals surface area contributed by atoms with Crippen LogP contribution >= 0.6 is 0 Å². The Balaban J connectivity index is 2.88. The van der Waals surface area contributed by atoms with Crippen molar-refractivity contribution in [2.75, 3.05) is 11.9 Å². The van der Waals surface area contributed by atoms with Crippen molar-refractivity contribution in [3.8, 4) is 0 Å². The summed E-state index contributed by atoms with van der Waals surface area (Å²) in [6.07, 6.45) is 3.10. The van der Waals surface area contributed by atoms with E-state index in [1.54, 1.807) is 12.3 Å². The van der Waals surface area contributed by atoms with Gasteiger partial charge in [0.25, 0.3) is 0 Å². The Morgan fingerprint density at radius 2 is 2.42 bits per heavy atom. The molecule has 0 fully saturated rings. The number of hydrogen-bond acceptors (Lipinski definition) is 3. The molecule has 0 radical (unpaired) electrons. The molecule has 0 aliphatic carbocycles. The lowest BCUT2D eigenvalue weighted by molar-refractivity contribution is 0.1000. The van der Waals surface area contributed by atoms with Crippen molar-refractivity contribution >= 4 is 11.6 Å². The van der Waals surface area contributed by atoms with Gasteiger partial charge >= 0.3 is 0 Å². The number of hydrogen-bond donors (Lipinski definition) is 2. The summed E-state index contributed by atoms with van der Waals surface area (Å²) in [4.78, 5) is 14.6. The lowest BCUT2D eigenvalue weighted by Gasteiger charge is -2.02. The van der Waals surface area contributed by atoms with Gasteiger partial charge in [0, 0.05) is 18.9 Å². The van der Waals surface area contributed by atoms with Gasteiger partial charge in [-0.15, -0.1) is 0 Å². The number of anilines is 1. The summed E-state index contributed by atoms with van der Waals surface area (Å²) in [6, 6.07) is 1.68. The normalized spacial score (nSPS) is 9.42. The number of nitrogens with zero attached hydrogens (tertiary/aromatic N) is 1. The fraction of sp³-hybridized carbons (Fsp3) is 0.250. The zero-order valence-electron chi connectivity index (χ0n) is 6.87. The van der Waals surface area contributed by atoms with Crippen LogP contribution < -0.4 is 11.1 Å². The van der Waals surface area contributed by atoms with Gasteiger partial charge in [0.2, 0.25) is 5.91 Å². The second-order valence-corrected chi connectivity index (χ2v) is 2.36. The van der Waals surface area contributed by atoms with Crippen molar-refractivity contribution in [2.24, 2.45) is 5.73 Å². The van der Waals surface area contributed by atoms with Crippen LogP contribution in [-0.2, 0) is 0 Å². The Bertz CT molecular complexity index is 285. The average molecular weight is 165 g/mol. The Morgan fingerprint density at radius 3 is 3.00 bits per heavy atom. The molecule has 0 aliphatic heterocycles. The van der Waals surface area contributed by atoms with Crippen molar-refractivity contribution < 1.29 is 4.79 Å². The molecule has 4 nitrogen and oxygen atoms in total. The third-order valence-electron chi connectivity index (χ3n) is 1.40. The number of pyridine rings is 1. The standard InChI is InChI=1S/C8H11N3O/c1-2-11-7-3-6(8(9)12)4-10-5-7/h3-5,11H,2H2,1H3,(H2,9,12). The summed E-state index contributed by atoms with van der Waals surface area (Å²) in [7, 11) is 0. The Labute approximate surface area is 70.8 Å².